The smallest absolute Gasteiger partial charge is 0.136 e. The molecule has 3 nitrogen and oxygen atoms in total. The van der Waals surface area contributed by atoms with E-state index in [1.54, 1.807) is 7.11 Å². The molecule has 0 aromatic heterocycles. The Balaban J connectivity index is 3.16. The number of methoxy groups -OCH3 is 1. The van der Waals surface area contributed by atoms with E-state index < -0.39 is 0 Å². The Morgan fingerprint density at radius 1 is 1.33 bits per heavy atom. The van der Waals surface area contributed by atoms with E-state index in [-0.39, 0.29) is 0 Å². The van der Waals surface area contributed by atoms with Crippen LogP contribution in [-0.4, -0.2) is 13.7 Å². The summed E-state index contributed by atoms with van der Waals surface area (Å²) in [5, 5.41) is 0. The number of nitrogens with two attached hydrogens (primary N) is 1. The average Bonchev–Trinajstić information content (AvgIpc) is 2.21. The first-order chi connectivity index (χ1) is 7.11. The van der Waals surface area contributed by atoms with Crippen molar-refractivity contribution in [2.75, 3.05) is 13.7 Å². The maximum Gasteiger partial charge on any atom is 0.136 e. The highest BCUT2D eigenvalue weighted by molar-refractivity contribution is 9.10. The summed E-state index contributed by atoms with van der Waals surface area (Å²) in [5.74, 6) is 5.91. The summed E-state index contributed by atoms with van der Waals surface area (Å²) >= 11 is 3.52. The van der Waals surface area contributed by atoms with Crippen LogP contribution in [0.1, 0.15) is 16.7 Å². The van der Waals surface area contributed by atoms with E-state index >= 15 is 0 Å². The number of hydrogen-bond donors (Lipinski definition) is 1. The first-order valence-corrected chi connectivity index (χ1v) is 5.55. The summed E-state index contributed by atoms with van der Waals surface area (Å²) < 4.78 is 6.39. The zero-order valence-electron chi connectivity index (χ0n) is 9.26. The minimum atomic E-state index is 0.493. The van der Waals surface area contributed by atoms with Gasteiger partial charge in [0.25, 0.3) is 0 Å². The Kier molecular flexibility index (Phi) is 4.57. The SMILES string of the molecule is COc1c(Br)c(C)cc(C)c1CCON. The molecule has 2 N–H and O–H groups in total. The third-order valence-corrected chi connectivity index (χ3v) is 3.39. The molecule has 0 aliphatic carbocycles. The molecule has 0 saturated carbocycles. The molecule has 0 atom stereocenters. The van der Waals surface area contributed by atoms with Crippen molar-refractivity contribution in [2.24, 2.45) is 5.90 Å². The van der Waals surface area contributed by atoms with Crippen LogP contribution in [0.15, 0.2) is 10.5 Å². The van der Waals surface area contributed by atoms with E-state index in [2.05, 4.69) is 33.8 Å². The highest BCUT2D eigenvalue weighted by Crippen LogP contribution is 2.34. The lowest BCUT2D eigenvalue weighted by molar-refractivity contribution is 0.140. The van der Waals surface area contributed by atoms with Gasteiger partial charge in [-0.2, -0.15) is 0 Å². The third kappa shape index (κ3) is 2.71. The molecule has 84 valence electrons. The van der Waals surface area contributed by atoms with E-state index in [0.29, 0.717) is 6.61 Å². The summed E-state index contributed by atoms with van der Waals surface area (Å²) in [4.78, 5) is 4.60. The molecular weight excluding hydrogens is 258 g/mol. The fourth-order valence-corrected chi connectivity index (χ4v) is 2.17. The highest BCUT2D eigenvalue weighted by atomic mass is 79.9. The van der Waals surface area contributed by atoms with E-state index in [1.165, 1.54) is 11.1 Å². The zero-order chi connectivity index (χ0) is 11.4. The van der Waals surface area contributed by atoms with E-state index in [1.807, 2.05) is 6.92 Å². The Labute approximate surface area is 98.6 Å². The largest absolute Gasteiger partial charge is 0.495 e. The van der Waals surface area contributed by atoms with Crippen LogP contribution in [0.4, 0.5) is 0 Å². The lowest BCUT2D eigenvalue weighted by Gasteiger charge is -2.15. The Hall–Kier alpha value is -0.580. The Bertz CT molecular complexity index is 353. The average molecular weight is 274 g/mol. The third-order valence-electron chi connectivity index (χ3n) is 2.40. The second-order valence-corrected chi connectivity index (χ2v) is 4.25. The summed E-state index contributed by atoms with van der Waals surface area (Å²) in [7, 11) is 1.67. The second-order valence-electron chi connectivity index (χ2n) is 3.46. The van der Waals surface area contributed by atoms with Crippen molar-refractivity contribution in [3.63, 3.8) is 0 Å². The van der Waals surface area contributed by atoms with Crippen LogP contribution in [0.3, 0.4) is 0 Å². The van der Waals surface area contributed by atoms with Gasteiger partial charge in [-0.15, -0.1) is 0 Å². The maximum atomic E-state index is 5.39. The van der Waals surface area contributed by atoms with E-state index in [0.717, 1.165) is 22.2 Å². The van der Waals surface area contributed by atoms with Crippen LogP contribution in [0, 0.1) is 13.8 Å². The van der Waals surface area contributed by atoms with Crippen LogP contribution in [-0.2, 0) is 11.3 Å². The molecule has 0 spiro atoms. The lowest BCUT2D eigenvalue weighted by atomic mass is 10.0. The molecule has 0 bridgehead atoms. The van der Waals surface area contributed by atoms with Crippen molar-refractivity contribution in [3.8, 4) is 5.75 Å². The van der Waals surface area contributed by atoms with Gasteiger partial charge in [-0.25, -0.2) is 5.90 Å². The Morgan fingerprint density at radius 3 is 2.53 bits per heavy atom. The van der Waals surface area contributed by atoms with Gasteiger partial charge in [0.2, 0.25) is 0 Å². The molecular formula is C11H16BrNO2. The van der Waals surface area contributed by atoms with Crippen molar-refractivity contribution >= 4 is 15.9 Å². The zero-order valence-corrected chi connectivity index (χ0v) is 10.8. The first kappa shape index (κ1) is 12.5. The van der Waals surface area contributed by atoms with Crippen LogP contribution in [0.25, 0.3) is 0 Å². The topological polar surface area (TPSA) is 44.5 Å². The van der Waals surface area contributed by atoms with Crippen molar-refractivity contribution in [3.05, 3.63) is 27.2 Å². The number of hydrogen-bond acceptors (Lipinski definition) is 3. The van der Waals surface area contributed by atoms with Gasteiger partial charge in [0, 0.05) is 12.0 Å². The van der Waals surface area contributed by atoms with Gasteiger partial charge in [0.1, 0.15) is 5.75 Å². The summed E-state index contributed by atoms with van der Waals surface area (Å²) in [6.45, 7) is 4.60. The first-order valence-electron chi connectivity index (χ1n) is 4.76. The molecule has 1 aromatic rings. The van der Waals surface area contributed by atoms with Gasteiger partial charge < -0.3 is 9.57 Å². The highest BCUT2D eigenvalue weighted by Gasteiger charge is 2.12. The fraction of sp³-hybridized carbons (Fsp3) is 0.455. The molecule has 0 saturated heterocycles. The Morgan fingerprint density at radius 2 is 2.00 bits per heavy atom. The molecule has 4 heteroatoms. The molecule has 0 fully saturated rings. The van der Waals surface area contributed by atoms with Crippen LogP contribution in [0.2, 0.25) is 0 Å². The van der Waals surface area contributed by atoms with Crippen LogP contribution < -0.4 is 10.6 Å². The molecule has 0 amide bonds. The van der Waals surface area contributed by atoms with Gasteiger partial charge in [-0.3, -0.25) is 0 Å². The van der Waals surface area contributed by atoms with Crippen molar-refractivity contribution in [1.29, 1.82) is 0 Å². The normalized spacial score (nSPS) is 10.5. The second kappa shape index (κ2) is 5.49. The fourth-order valence-electron chi connectivity index (χ4n) is 1.65. The summed E-state index contributed by atoms with van der Waals surface area (Å²) in [6.07, 6.45) is 0.754. The quantitative estimate of drug-likeness (QED) is 0.858. The predicted octanol–water partition coefficient (Wildman–Crippen LogP) is 2.51. The van der Waals surface area contributed by atoms with Crippen molar-refractivity contribution in [1.82, 2.24) is 0 Å². The monoisotopic (exact) mass is 273 g/mol. The molecule has 0 heterocycles. The van der Waals surface area contributed by atoms with Crippen molar-refractivity contribution in [2.45, 2.75) is 20.3 Å². The lowest BCUT2D eigenvalue weighted by Crippen LogP contribution is -2.07. The predicted molar refractivity (Wildman–Crippen MR) is 64.0 cm³/mol. The van der Waals surface area contributed by atoms with Crippen LogP contribution in [0.5, 0.6) is 5.75 Å². The van der Waals surface area contributed by atoms with Gasteiger partial charge in [0.15, 0.2) is 0 Å². The number of halogens is 1. The molecule has 1 rings (SSSR count). The minimum Gasteiger partial charge on any atom is -0.495 e. The van der Waals surface area contributed by atoms with E-state index in [4.69, 9.17) is 10.6 Å². The van der Waals surface area contributed by atoms with Gasteiger partial charge in [-0.05, 0) is 40.9 Å². The summed E-state index contributed by atoms with van der Waals surface area (Å²) in [5.41, 5.74) is 3.51. The minimum absolute atomic E-state index is 0.493. The van der Waals surface area contributed by atoms with Crippen LogP contribution >= 0.6 is 15.9 Å². The molecule has 0 radical (unpaired) electrons. The van der Waals surface area contributed by atoms with Gasteiger partial charge in [0.05, 0.1) is 18.2 Å². The molecule has 0 unspecified atom stereocenters. The maximum absolute atomic E-state index is 5.39. The van der Waals surface area contributed by atoms with E-state index in [9.17, 15) is 0 Å². The number of benzene rings is 1. The van der Waals surface area contributed by atoms with Gasteiger partial charge >= 0.3 is 0 Å². The molecule has 0 aliphatic heterocycles. The number of aryl methyl sites for hydroxylation is 2. The standard InChI is InChI=1S/C11H16BrNO2/c1-7-6-8(2)10(12)11(14-3)9(7)4-5-15-13/h6H,4-5,13H2,1-3H3. The molecule has 15 heavy (non-hydrogen) atoms. The molecule has 0 aliphatic rings. The number of rotatable bonds is 4. The summed E-state index contributed by atoms with van der Waals surface area (Å²) in [6, 6.07) is 2.12. The molecule has 1 aromatic carbocycles. The van der Waals surface area contributed by atoms with Crippen molar-refractivity contribution < 1.29 is 9.57 Å². The number of ether oxygens (including phenoxy) is 1. The van der Waals surface area contributed by atoms with Gasteiger partial charge in [-0.1, -0.05) is 6.07 Å².